The second-order valence-electron chi connectivity index (χ2n) is 5.64. The smallest absolute Gasteiger partial charge is 0.307 e. The maximum atomic E-state index is 11.8. The van der Waals surface area contributed by atoms with E-state index < -0.39 is 5.91 Å². The molecule has 1 amide bonds. The molecule has 3 rings (SSSR count). The maximum absolute atomic E-state index is 11.8. The van der Waals surface area contributed by atoms with Crippen LogP contribution >= 0.6 is 0 Å². The van der Waals surface area contributed by atoms with Gasteiger partial charge in [0.2, 0.25) is 0 Å². The topological polar surface area (TPSA) is 76.3 Å². The molecule has 0 atom stereocenters. The number of carbonyl (C=O) groups is 1. The van der Waals surface area contributed by atoms with E-state index in [0.29, 0.717) is 11.3 Å². The van der Waals surface area contributed by atoms with Gasteiger partial charge in [-0.3, -0.25) is 4.79 Å². The van der Waals surface area contributed by atoms with E-state index in [-0.39, 0.29) is 5.76 Å². The van der Waals surface area contributed by atoms with E-state index in [4.69, 9.17) is 13.9 Å². The third kappa shape index (κ3) is 3.76. The predicted octanol–water partition coefficient (Wildman–Crippen LogP) is 2.66. The number of methoxy groups -OCH3 is 2. The van der Waals surface area contributed by atoms with Crippen molar-refractivity contribution in [1.29, 1.82) is 0 Å². The number of hydrazone groups is 1. The first-order chi connectivity index (χ1) is 12.2. The summed E-state index contributed by atoms with van der Waals surface area (Å²) in [5.74, 6) is 1.20. The Morgan fingerprint density at radius 3 is 2.64 bits per heavy atom. The van der Waals surface area contributed by atoms with Gasteiger partial charge in [-0.2, -0.15) is 5.10 Å². The predicted molar refractivity (Wildman–Crippen MR) is 94.8 cm³/mol. The number of anilines is 1. The van der Waals surface area contributed by atoms with Gasteiger partial charge in [0.25, 0.3) is 0 Å². The number of carbonyl (C=O) groups excluding carboxylic acids is 1. The molecule has 7 heteroatoms. The minimum absolute atomic E-state index is 0.200. The van der Waals surface area contributed by atoms with Crippen LogP contribution in [-0.4, -0.2) is 39.4 Å². The van der Waals surface area contributed by atoms with Gasteiger partial charge >= 0.3 is 5.91 Å². The van der Waals surface area contributed by atoms with Crippen molar-refractivity contribution in [3.8, 4) is 11.5 Å². The molecule has 1 saturated heterocycles. The third-order valence-electron chi connectivity index (χ3n) is 4.09. The Bertz CT molecular complexity index is 750. The number of rotatable bonds is 6. The second-order valence-corrected chi connectivity index (χ2v) is 5.64. The molecule has 0 unspecified atom stereocenters. The number of nitrogens with zero attached hydrogens (tertiary/aromatic N) is 2. The average molecular weight is 343 g/mol. The molecule has 1 N–H and O–H groups in total. The molecule has 25 heavy (non-hydrogen) atoms. The Hall–Kier alpha value is -2.96. The van der Waals surface area contributed by atoms with Crippen molar-refractivity contribution in [3.63, 3.8) is 0 Å². The zero-order valence-electron chi connectivity index (χ0n) is 14.3. The molecular weight excluding hydrogens is 322 g/mol. The first-order valence-corrected chi connectivity index (χ1v) is 8.11. The summed E-state index contributed by atoms with van der Waals surface area (Å²) in [4.78, 5) is 14.1. The van der Waals surface area contributed by atoms with Gasteiger partial charge in [0.1, 0.15) is 11.5 Å². The largest absolute Gasteiger partial charge is 0.496 e. The Morgan fingerprint density at radius 2 is 2.00 bits per heavy atom. The normalized spacial score (nSPS) is 14.1. The molecule has 0 bridgehead atoms. The fourth-order valence-corrected chi connectivity index (χ4v) is 2.83. The van der Waals surface area contributed by atoms with Crippen molar-refractivity contribution in [2.45, 2.75) is 12.8 Å². The van der Waals surface area contributed by atoms with Crippen LogP contribution in [0.1, 0.15) is 29.0 Å². The fraction of sp³-hybridized carbons (Fsp3) is 0.333. The summed E-state index contributed by atoms with van der Waals surface area (Å²) in [5.41, 5.74) is 4.14. The first kappa shape index (κ1) is 16.9. The SMILES string of the molecule is COc1cc(N2CCCC2)c(OC)cc1/C=N/NC(=O)c1ccco1. The highest BCUT2D eigenvalue weighted by atomic mass is 16.5. The highest BCUT2D eigenvalue weighted by Gasteiger charge is 2.19. The summed E-state index contributed by atoms with van der Waals surface area (Å²) in [6, 6.07) is 7.01. The monoisotopic (exact) mass is 343 g/mol. The molecule has 2 heterocycles. The van der Waals surface area contributed by atoms with E-state index in [1.807, 2.05) is 12.1 Å². The van der Waals surface area contributed by atoms with Gasteiger partial charge in [-0.1, -0.05) is 0 Å². The number of furan rings is 1. The molecule has 1 aliphatic rings. The number of amides is 1. The average Bonchev–Trinajstić information content (AvgIpc) is 3.34. The highest BCUT2D eigenvalue weighted by molar-refractivity contribution is 5.93. The summed E-state index contributed by atoms with van der Waals surface area (Å²) < 4.78 is 16.0. The summed E-state index contributed by atoms with van der Waals surface area (Å²) in [6.45, 7) is 2.01. The van der Waals surface area contributed by atoms with Crippen LogP contribution in [0, 0.1) is 0 Å². The molecule has 1 aromatic carbocycles. The van der Waals surface area contributed by atoms with Gasteiger partial charge in [-0.25, -0.2) is 5.43 Å². The minimum atomic E-state index is -0.416. The van der Waals surface area contributed by atoms with Crippen molar-refractivity contribution < 1.29 is 18.7 Å². The lowest BCUT2D eigenvalue weighted by Gasteiger charge is -2.22. The van der Waals surface area contributed by atoms with E-state index in [1.165, 1.54) is 25.3 Å². The van der Waals surface area contributed by atoms with E-state index >= 15 is 0 Å². The molecule has 0 radical (unpaired) electrons. The molecule has 0 aliphatic carbocycles. The van der Waals surface area contributed by atoms with Crippen LogP contribution in [0.5, 0.6) is 11.5 Å². The van der Waals surface area contributed by atoms with Crippen LogP contribution in [0.4, 0.5) is 5.69 Å². The van der Waals surface area contributed by atoms with Gasteiger partial charge in [-0.15, -0.1) is 0 Å². The van der Waals surface area contributed by atoms with Gasteiger partial charge < -0.3 is 18.8 Å². The van der Waals surface area contributed by atoms with Crippen LogP contribution in [-0.2, 0) is 0 Å². The van der Waals surface area contributed by atoms with Crippen molar-refractivity contribution in [3.05, 3.63) is 41.9 Å². The number of benzene rings is 1. The van der Waals surface area contributed by atoms with Crippen LogP contribution in [0.2, 0.25) is 0 Å². The molecule has 7 nitrogen and oxygen atoms in total. The Morgan fingerprint density at radius 1 is 1.24 bits per heavy atom. The molecule has 132 valence electrons. The summed E-state index contributed by atoms with van der Waals surface area (Å²) in [6.07, 6.45) is 5.31. The Labute approximate surface area is 146 Å². The highest BCUT2D eigenvalue weighted by Crippen LogP contribution is 2.36. The summed E-state index contributed by atoms with van der Waals surface area (Å²) in [7, 11) is 3.25. The molecule has 2 aromatic rings. The zero-order valence-corrected chi connectivity index (χ0v) is 14.3. The lowest BCUT2D eigenvalue weighted by Crippen LogP contribution is -2.19. The number of hydrogen-bond donors (Lipinski definition) is 1. The van der Waals surface area contributed by atoms with E-state index in [2.05, 4.69) is 15.4 Å². The van der Waals surface area contributed by atoms with Crippen LogP contribution < -0.4 is 19.8 Å². The Balaban J connectivity index is 1.80. The summed E-state index contributed by atoms with van der Waals surface area (Å²) >= 11 is 0. The standard InChI is InChI=1S/C18H21N3O4/c1-23-16-11-14(21-7-3-4-8-21)17(24-2)10-13(16)12-19-20-18(22)15-6-5-9-25-15/h5-6,9-12H,3-4,7-8H2,1-2H3,(H,20,22)/b19-12+. The van der Waals surface area contributed by atoms with E-state index in [1.54, 1.807) is 26.4 Å². The van der Waals surface area contributed by atoms with Crippen molar-refractivity contribution in [1.82, 2.24) is 5.43 Å². The van der Waals surface area contributed by atoms with Gasteiger partial charge in [0.15, 0.2) is 5.76 Å². The molecule has 1 aromatic heterocycles. The number of hydrogen-bond acceptors (Lipinski definition) is 6. The van der Waals surface area contributed by atoms with Gasteiger partial charge in [0, 0.05) is 24.7 Å². The molecule has 0 saturated carbocycles. The lowest BCUT2D eigenvalue weighted by atomic mass is 10.1. The fourth-order valence-electron chi connectivity index (χ4n) is 2.83. The number of nitrogens with one attached hydrogen (secondary N) is 1. The van der Waals surface area contributed by atoms with Gasteiger partial charge in [-0.05, 0) is 31.0 Å². The molecular formula is C18H21N3O4. The lowest BCUT2D eigenvalue weighted by molar-refractivity contribution is 0.0927. The summed E-state index contributed by atoms with van der Waals surface area (Å²) in [5, 5.41) is 3.98. The van der Waals surface area contributed by atoms with Crippen molar-refractivity contribution >= 4 is 17.8 Å². The minimum Gasteiger partial charge on any atom is -0.496 e. The number of ether oxygens (including phenoxy) is 2. The van der Waals surface area contributed by atoms with E-state index in [0.717, 1.165) is 24.5 Å². The van der Waals surface area contributed by atoms with Crippen molar-refractivity contribution in [2.75, 3.05) is 32.2 Å². The van der Waals surface area contributed by atoms with Gasteiger partial charge in [0.05, 0.1) is 32.4 Å². The maximum Gasteiger partial charge on any atom is 0.307 e. The van der Waals surface area contributed by atoms with Crippen LogP contribution in [0.25, 0.3) is 0 Å². The third-order valence-corrected chi connectivity index (χ3v) is 4.09. The molecule has 1 aliphatic heterocycles. The van der Waals surface area contributed by atoms with Crippen LogP contribution in [0.3, 0.4) is 0 Å². The van der Waals surface area contributed by atoms with E-state index in [9.17, 15) is 4.79 Å². The second kappa shape index (κ2) is 7.74. The molecule has 0 spiro atoms. The Kier molecular flexibility index (Phi) is 5.23. The van der Waals surface area contributed by atoms with Crippen LogP contribution in [0.15, 0.2) is 40.0 Å². The zero-order chi connectivity index (χ0) is 17.6. The first-order valence-electron chi connectivity index (χ1n) is 8.11. The quantitative estimate of drug-likeness (QED) is 0.645. The molecule has 1 fully saturated rings. The van der Waals surface area contributed by atoms with Crippen molar-refractivity contribution in [2.24, 2.45) is 5.10 Å².